The van der Waals surface area contributed by atoms with Crippen molar-refractivity contribution in [1.29, 1.82) is 0 Å². The lowest BCUT2D eigenvalue weighted by Gasteiger charge is -2.35. The molecule has 53 heavy (non-hydrogen) atoms. The fourth-order valence-electron chi connectivity index (χ4n) is 5.14. The SMILES string of the molecule is CC(C)(C)c1cc2c(c(C(C)(C)C)c1)OC([C@H](O)[C@H](O)CO)c1c(cc(C(C)(C)C)cc1C(C)(C)C)C2.OP(O)O.OP(O)O.OP(O)O.OP(O)O. The topological polar surface area (TPSA) is 313 Å². The van der Waals surface area contributed by atoms with Crippen molar-refractivity contribution in [3.05, 3.63) is 63.2 Å². The van der Waals surface area contributed by atoms with E-state index in [4.69, 9.17) is 63.5 Å². The third kappa shape index (κ3) is 20.9. The maximum absolute atomic E-state index is 11.4. The lowest BCUT2D eigenvalue weighted by Crippen LogP contribution is -2.39. The van der Waals surface area contributed by atoms with Crippen LogP contribution >= 0.6 is 34.4 Å². The van der Waals surface area contributed by atoms with Crippen LogP contribution in [0.4, 0.5) is 0 Å². The van der Waals surface area contributed by atoms with E-state index in [-0.39, 0.29) is 21.7 Å². The number of hydrogen-bond donors (Lipinski definition) is 15. The van der Waals surface area contributed by atoms with Crippen LogP contribution < -0.4 is 4.74 Å². The fourth-order valence-corrected chi connectivity index (χ4v) is 5.14. The van der Waals surface area contributed by atoms with Gasteiger partial charge in [-0.15, -0.1) is 0 Å². The molecule has 20 heteroatoms. The maximum atomic E-state index is 11.4. The smallest absolute Gasteiger partial charge is 0.324 e. The molecule has 0 saturated carbocycles. The Balaban J connectivity index is 0. The molecule has 1 unspecified atom stereocenters. The highest BCUT2D eigenvalue weighted by Gasteiger charge is 2.40. The van der Waals surface area contributed by atoms with Gasteiger partial charge in [0, 0.05) is 17.5 Å². The quantitative estimate of drug-likeness (QED) is 0.197. The van der Waals surface area contributed by atoms with Gasteiger partial charge in [-0.2, -0.15) is 0 Å². The molecule has 3 rings (SSSR count). The molecule has 2 aromatic rings. The Labute approximate surface area is 317 Å². The molecular formula is C33H62O16P4. The van der Waals surface area contributed by atoms with Crippen molar-refractivity contribution in [3.63, 3.8) is 0 Å². The molecule has 0 aromatic heterocycles. The van der Waals surface area contributed by atoms with Crippen molar-refractivity contribution in [1.82, 2.24) is 0 Å². The zero-order valence-electron chi connectivity index (χ0n) is 32.4. The predicted molar refractivity (Wildman–Crippen MR) is 207 cm³/mol. The van der Waals surface area contributed by atoms with Crippen LogP contribution in [0.5, 0.6) is 5.75 Å². The van der Waals surface area contributed by atoms with Gasteiger partial charge < -0.3 is 78.8 Å². The van der Waals surface area contributed by atoms with Crippen LogP contribution in [-0.2, 0) is 28.1 Å². The van der Waals surface area contributed by atoms with Gasteiger partial charge in [0.1, 0.15) is 18.0 Å². The minimum absolute atomic E-state index is 0.0417. The molecule has 16 nitrogen and oxygen atoms in total. The monoisotopic (exact) mass is 838 g/mol. The van der Waals surface area contributed by atoms with Gasteiger partial charge in [-0.1, -0.05) is 107 Å². The predicted octanol–water partition coefficient (Wildman–Crippen LogP) is 3.38. The summed E-state index contributed by atoms with van der Waals surface area (Å²) >= 11 is 0. The zero-order chi connectivity index (χ0) is 42.6. The van der Waals surface area contributed by atoms with E-state index in [1.807, 2.05) is 0 Å². The first kappa shape index (κ1) is 54.5. The van der Waals surface area contributed by atoms with Gasteiger partial charge in [0.05, 0.1) is 6.61 Å². The molecule has 0 amide bonds. The molecule has 0 saturated heterocycles. The first-order chi connectivity index (χ1) is 23.6. The third-order valence-corrected chi connectivity index (χ3v) is 7.58. The minimum Gasteiger partial charge on any atom is -0.482 e. The van der Waals surface area contributed by atoms with Gasteiger partial charge in [0.15, 0.2) is 6.10 Å². The second-order valence-electron chi connectivity index (χ2n) is 16.1. The van der Waals surface area contributed by atoms with Crippen molar-refractivity contribution in [3.8, 4) is 5.75 Å². The molecule has 310 valence electrons. The number of fused-ring (bicyclic) bond motifs is 2. The van der Waals surface area contributed by atoms with Gasteiger partial charge in [-0.05, 0) is 49.5 Å². The molecule has 15 N–H and O–H groups in total. The van der Waals surface area contributed by atoms with Gasteiger partial charge in [0.25, 0.3) is 0 Å². The van der Waals surface area contributed by atoms with E-state index < -0.39 is 59.3 Å². The second kappa shape index (κ2) is 22.9. The van der Waals surface area contributed by atoms with Crippen LogP contribution in [0.15, 0.2) is 24.3 Å². The summed E-state index contributed by atoms with van der Waals surface area (Å²) in [6, 6.07) is 9.00. The summed E-state index contributed by atoms with van der Waals surface area (Å²) in [6.45, 7) is 25.9. The molecular weight excluding hydrogens is 776 g/mol. The van der Waals surface area contributed by atoms with E-state index in [0.717, 1.165) is 33.6 Å². The fraction of sp³-hybridized carbons (Fsp3) is 0.636. The van der Waals surface area contributed by atoms with Crippen LogP contribution in [-0.4, -0.2) is 92.9 Å². The molecule has 3 atom stereocenters. The largest absolute Gasteiger partial charge is 0.482 e. The highest BCUT2D eigenvalue weighted by atomic mass is 31.2. The average Bonchev–Trinajstić information content (AvgIpc) is 3.08. The average molecular weight is 839 g/mol. The summed E-state index contributed by atoms with van der Waals surface area (Å²) < 4.78 is 6.83. The van der Waals surface area contributed by atoms with Gasteiger partial charge in [-0.3, -0.25) is 0 Å². The molecule has 1 aliphatic heterocycles. The Morgan fingerprint density at radius 3 is 1.17 bits per heavy atom. The number of benzene rings is 2. The molecule has 0 aliphatic carbocycles. The summed E-state index contributed by atoms with van der Waals surface area (Å²) in [4.78, 5) is 86.8. The Kier molecular flexibility index (Phi) is 23.6. The van der Waals surface area contributed by atoms with Crippen LogP contribution in [0.1, 0.15) is 128 Å². The zero-order valence-corrected chi connectivity index (χ0v) is 35.9. The highest BCUT2D eigenvalue weighted by molar-refractivity contribution is 7.38. The van der Waals surface area contributed by atoms with Gasteiger partial charge in [0.2, 0.25) is 0 Å². The van der Waals surface area contributed by atoms with Crippen LogP contribution in [0, 0.1) is 0 Å². The maximum Gasteiger partial charge on any atom is 0.324 e. The molecule has 0 bridgehead atoms. The Morgan fingerprint density at radius 1 is 0.547 bits per heavy atom. The van der Waals surface area contributed by atoms with E-state index in [9.17, 15) is 15.3 Å². The van der Waals surface area contributed by atoms with Crippen LogP contribution in [0.25, 0.3) is 0 Å². The summed E-state index contributed by atoms with van der Waals surface area (Å²) in [6.07, 6.45) is -2.75. The number of aliphatic hydroxyl groups is 3. The Morgan fingerprint density at radius 2 is 0.868 bits per heavy atom. The standard InChI is InChI=1S/C33H50O4.4H3O3P/c1-30(2,3)21-14-19-13-20-15-22(31(4,5)6)17-24(33(10,11)12)28(20)37-29(27(36)25(35)18-34)26(19)23(16-21)32(7,8)9;4*1-4(2)3/h14-17,25,27,29,34-36H,13,18H2,1-12H3;4*1-3H/t25-,27-,29?;;;;/m1..../s1. The van der Waals surface area contributed by atoms with E-state index in [2.05, 4.69) is 107 Å². The molecule has 2 aromatic carbocycles. The number of ether oxygens (including phenoxy) is 1. The molecule has 1 aliphatic rings. The van der Waals surface area contributed by atoms with E-state index in [1.54, 1.807) is 0 Å². The van der Waals surface area contributed by atoms with Crippen molar-refractivity contribution in [2.24, 2.45) is 0 Å². The van der Waals surface area contributed by atoms with E-state index in [1.165, 1.54) is 11.1 Å². The van der Waals surface area contributed by atoms with E-state index in [0.29, 0.717) is 6.42 Å². The Bertz CT molecular complexity index is 1330. The summed E-state index contributed by atoms with van der Waals surface area (Å²) in [7, 11) is -10.5. The second-order valence-corrected chi connectivity index (χ2v) is 18.3. The molecule has 0 fully saturated rings. The minimum atomic E-state index is -2.62. The van der Waals surface area contributed by atoms with Crippen LogP contribution in [0.3, 0.4) is 0 Å². The summed E-state index contributed by atoms with van der Waals surface area (Å²) in [5.74, 6) is 0.781. The molecule has 1 heterocycles. The first-order valence-electron chi connectivity index (χ1n) is 16.1. The third-order valence-electron chi connectivity index (χ3n) is 7.58. The van der Waals surface area contributed by atoms with Crippen molar-refractivity contribution >= 4 is 34.4 Å². The van der Waals surface area contributed by atoms with Gasteiger partial charge >= 0.3 is 34.4 Å². The van der Waals surface area contributed by atoms with Crippen molar-refractivity contribution in [2.45, 2.75) is 129 Å². The highest BCUT2D eigenvalue weighted by Crippen LogP contribution is 2.47. The summed E-state index contributed by atoms with van der Waals surface area (Å²) in [5.41, 5.74) is 7.28. The van der Waals surface area contributed by atoms with Crippen LogP contribution in [0.2, 0.25) is 0 Å². The van der Waals surface area contributed by atoms with Crippen molar-refractivity contribution < 1.29 is 78.8 Å². The van der Waals surface area contributed by atoms with E-state index >= 15 is 0 Å². The lowest BCUT2D eigenvalue weighted by molar-refractivity contribution is -0.0696. The number of rotatable bonds is 3. The molecule has 0 spiro atoms. The lowest BCUT2D eigenvalue weighted by atomic mass is 9.74. The molecule has 0 radical (unpaired) electrons. The number of aliphatic hydroxyl groups excluding tert-OH is 3. The normalized spacial score (nSPS) is 15.6. The summed E-state index contributed by atoms with van der Waals surface area (Å²) in [5, 5.41) is 31.8. The first-order valence-corrected chi connectivity index (χ1v) is 20.9. The van der Waals surface area contributed by atoms with Crippen molar-refractivity contribution in [2.75, 3.05) is 6.61 Å². The number of hydrogen-bond acceptors (Lipinski definition) is 16. The Hall–Kier alpha value is -0.640. The van der Waals surface area contributed by atoms with Gasteiger partial charge in [-0.25, -0.2) is 0 Å².